The zero-order chi connectivity index (χ0) is 18.8. The van der Waals surface area contributed by atoms with Crippen molar-refractivity contribution in [3.05, 3.63) is 72.6 Å². The molecule has 0 saturated carbocycles. The van der Waals surface area contributed by atoms with E-state index in [9.17, 15) is 14.0 Å². The van der Waals surface area contributed by atoms with Crippen LogP contribution in [0.2, 0.25) is 0 Å². The van der Waals surface area contributed by atoms with E-state index in [1.165, 1.54) is 24.7 Å². The number of nitrogens with one attached hydrogen (secondary N) is 1. The molecule has 27 heavy (non-hydrogen) atoms. The van der Waals surface area contributed by atoms with Crippen molar-refractivity contribution in [2.75, 3.05) is 16.8 Å². The van der Waals surface area contributed by atoms with Crippen molar-refractivity contribution < 1.29 is 14.0 Å². The molecule has 7 heteroatoms. The van der Waals surface area contributed by atoms with Crippen LogP contribution >= 0.6 is 0 Å². The SMILES string of the molecule is O=C(Nc1cccc(N2CCCC2=O)c1)c1cncn1-c1ccc(F)cc1. The molecule has 0 atom stereocenters. The summed E-state index contributed by atoms with van der Waals surface area (Å²) in [6.07, 6.45) is 4.34. The second-order valence-corrected chi connectivity index (χ2v) is 6.28. The van der Waals surface area contributed by atoms with Gasteiger partial charge in [0.05, 0.1) is 12.5 Å². The first-order valence-corrected chi connectivity index (χ1v) is 8.62. The zero-order valence-corrected chi connectivity index (χ0v) is 14.4. The molecule has 0 bridgehead atoms. The Bertz CT molecular complexity index is 997. The lowest BCUT2D eigenvalue weighted by molar-refractivity contribution is -0.117. The zero-order valence-electron chi connectivity index (χ0n) is 14.4. The third-order valence-electron chi connectivity index (χ3n) is 4.47. The minimum Gasteiger partial charge on any atom is -0.321 e. The molecule has 2 amide bonds. The van der Waals surface area contributed by atoms with Crippen molar-refractivity contribution >= 4 is 23.2 Å². The van der Waals surface area contributed by atoms with Crippen molar-refractivity contribution in [1.82, 2.24) is 9.55 Å². The number of rotatable bonds is 4. The van der Waals surface area contributed by atoms with Gasteiger partial charge in [-0.2, -0.15) is 0 Å². The summed E-state index contributed by atoms with van der Waals surface area (Å²) in [4.78, 5) is 30.4. The Balaban J connectivity index is 1.56. The minimum atomic E-state index is -0.349. The maximum atomic E-state index is 13.1. The molecule has 1 aromatic heterocycles. The van der Waals surface area contributed by atoms with Crippen molar-refractivity contribution in [2.45, 2.75) is 12.8 Å². The highest BCUT2D eigenvalue weighted by molar-refractivity contribution is 6.04. The molecule has 1 aliphatic rings. The van der Waals surface area contributed by atoms with E-state index in [1.807, 2.05) is 6.07 Å². The first-order chi connectivity index (χ1) is 13.1. The number of amides is 2. The molecule has 0 spiro atoms. The molecule has 1 aliphatic heterocycles. The maximum absolute atomic E-state index is 13.1. The van der Waals surface area contributed by atoms with E-state index in [0.29, 0.717) is 30.0 Å². The number of hydrogen-bond acceptors (Lipinski definition) is 3. The van der Waals surface area contributed by atoms with Gasteiger partial charge in [-0.15, -0.1) is 0 Å². The Hall–Kier alpha value is -3.48. The Labute approximate surface area is 155 Å². The molecule has 6 nitrogen and oxygen atoms in total. The fourth-order valence-corrected chi connectivity index (χ4v) is 3.14. The van der Waals surface area contributed by atoms with Crippen LogP contribution in [0.5, 0.6) is 0 Å². The van der Waals surface area contributed by atoms with Gasteiger partial charge in [0.2, 0.25) is 5.91 Å². The van der Waals surface area contributed by atoms with E-state index in [0.717, 1.165) is 12.1 Å². The fourth-order valence-electron chi connectivity index (χ4n) is 3.14. The molecule has 1 N–H and O–H groups in total. The molecular weight excluding hydrogens is 347 g/mol. The van der Waals surface area contributed by atoms with E-state index in [2.05, 4.69) is 10.3 Å². The quantitative estimate of drug-likeness (QED) is 0.772. The van der Waals surface area contributed by atoms with Gasteiger partial charge < -0.3 is 10.2 Å². The molecule has 136 valence electrons. The van der Waals surface area contributed by atoms with Crippen LogP contribution in [0.25, 0.3) is 5.69 Å². The topological polar surface area (TPSA) is 67.2 Å². The Morgan fingerprint density at radius 3 is 2.67 bits per heavy atom. The first-order valence-electron chi connectivity index (χ1n) is 8.62. The van der Waals surface area contributed by atoms with Crippen LogP contribution in [-0.4, -0.2) is 27.9 Å². The molecule has 0 radical (unpaired) electrons. The van der Waals surface area contributed by atoms with Crippen LogP contribution in [0, 0.1) is 5.82 Å². The second-order valence-electron chi connectivity index (χ2n) is 6.28. The number of benzene rings is 2. The maximum Gasteiger partial charge on any atom is 0.274 e. The van der Waals surface area contributed by atoms with Gasteiger partial charge >= 0.3 is 0 Å². The van der Waals surface area contributed by atoms with Crippen LogP contribution in [0.15, 0.2) is 61.1 Å². The summed E-state index contributed by atoms with van der Waals surface area (Å²) in [5.74, 6) is -0.604. The number of nitrogens with zero attached hydrogens (tertiary/aromatic N) is 3. The van der Waals surface area contributed by atoms with Crippen LogP contribution in [0.3, 0.4) is 0 Å². The Morgan fingerprint density at radius 2 is 1.93 bits per heavy atom. The molecule has 4 rings (SSSR count). The van der Waals surface area contributed by atoms with Gasteiger partial charge in [0.25, 0.3) is 5.91 Å². The number of hydrogen-bond donors (Lipinski definition) is 1. The van der Waals surface area contributed by atoms with E-state index in [-0.39, 0.29) is 17.6 Å². The largest absolute Gasteiger partial charge is 0.321 e. The highest BCUT2D eigenvalue weighted by Gasteiger charge is 2.22. The lowest BCUT2D eigenvalue weighted by Crippen LogP contribution is -2.24. The summed E-state index contributed by atoms with van der Waals surface area (Å²) >= 11 is 0. The molecule has 0 aliphatic carbocycles. The number of halogens is 1. The van der Waals surface area contributed by atoms with Crippen LogP contribution < -0.4 is 10.2 Å². The van der Waals surface area contributed by atoms with Gasteiger partial charge in [0.15, 0.2) is 0 Å². The molecule has 1 saturated heterocycles. The number of imidazole rings is 1. The average molecular weight is 364 g/mol. The summed E-state index contributed by atoms with van der Waals surface area (Å²) < 4.78 is 14.7. The smallest absolute Gasteiger partial charge is 0.274 e. The van der Waals surface area contributed by atoms with Crippen LogP contribution in [0.1, 0.15) is 23.3 Å². The van der Waals surface area contributed by atoms with Gasteiger partial charge in [-0.05, 0) is 48.9 Å². The van der Waals surface area contributed by atoms with Crippen molar-refractivity contribution in [3.8, 4) is 5.69 Å². The Morgan fingerprint density at radius 1 is 1.11 bits per heavy atom. The summed E-state index contributed by atoms with van der Waals surface area (Å²) in [7, 11) is 0. The normalized spacial score (nSPS) is 13.8. The van der Waals surface area contributed by atoms with Gasteiger partial charge in [0.1, 0.15) is 11.5 Å². The number of aromatic nitrogens is 2. The van der Waals surface area contributed by atoms with Gasteiger partial charge in [-0.1, -0.05) is 6.07 Å². The van der Waals surface area contributed by atoms with Crippen LogP contribution in [0.4, 0.5) is 15.8 Å². The van der Waals surface area contributed by atoms with E-state index in [1.54, 1.807) is 39.8 Å². The number of anilines is 2. The summed E-state index contributed by atoms with van der Waals surface area (Å²) in [6.45, 7) is 0.688. The number of carbonyl (C=O) groups is 2. The first kappa shape index (κ1) is 17.0. The van der Waals surface area contributed by atoms with E-state index >= 15 is 0 Å². The molecule has 0 unspecified atom stereocenters. The predicted octanol–water partition coefficient (Wildman–Crippen LogP) is 3.39. The molecule has 3 aromatic rings. The highest BCUT2D eigenvalue weighted by Crippen LogP contribution is 2.24. The second kappa shape index (κ2) is 7.03. The molecule has 2 aromatic carbocycles. The molecule has 2 heterocycles. The van der Waals surface area contributed by atoms with Crippen molar-refractivity contribution in [1.29, 1.82) is 0 Å². The van der Waals surface area contributed by atoms with Crippen molar-refractivity contribution in [3.63, 3.8) is 0 Å². The monoisotopic (exact) mass is 364 g/mol. The third kappa shape index (κ3) is 3.44. The van der Waals surface area contributed by atoms with Crippen LogP contribution in [-0.2, 0) is 4.79 Å². The summed E-state index contributed by atoms with van der Waals surface area (Å²) in [5, 5.41) is 2.83. The van der Waals surface area contributed by atoms with Crippen molar-refractivity contribution in [2.24, 2.45) is 0 Å². The highest BCUT2D eigenvalue weighted by atomic mass is 19.1. The standard InChI is InChI=1S/C20H17FN4O2/c21-14-6-8-16(9-7-14)25-13-22-12-18(25)20(27)23-15-3-1-4-17(11-15)24-10-2-5-19(24)26/h1,3-4,6-9,11-13H,2,5,10H2,(H,23,27). The van der Waals surface area contributed by atoms with Gasteiger partial charge in [-0.25, -0.2) is 9.37 Å². The molecule has 1 fully saturated rings. The third-order valence-corrected chi connectivity index (χ3v) is 4.47. The lowest BCUT2D eigenvalue weighted by atomic mass is 10.2. The molecular formula is C20H17FN4O2. The predicted molar refractivity (Wildman–Crippen MR) is 99.5 cm³/mol. The van der Waals surface area contributed by atoms with E-state index < -0.39 is 0 Å². The Kier molecular flexibility index (Phi) is 4.42. The summed E-state index contributed by atoms with van der Waals surface area (Å²) in [5.41, 5.74) is 2.31. The average Bonchev–Trinajstić information content (AvgIpc) is 3.31. The minimum absolute atomic E-state index is 0.0906. The fraction of sp³-hybridized carbons (Fsp3) is 0.150. The lowest BCUT2D eigenvalue weighted by Gasteiger charge is -2.17. The van der Waals surface area contributed by atoms with E-state index in [4.69, 9.17) is 0 Å². The van der Waals surface area contributed by atoms with Gasteiger partial charge in [0, 0.05) is 30.0 Å². The number of carbonyl (C=O) groups excluding carboxylic acids is 2. The summed E-state index contributed by atoms with van der Waals surface area (Å²) in [6, 6.07) is 13.0. The van der Waals surface area contributed by atoms with Gasteiger partial charge in [-0.3, -0.25) is 14.2 Å².